The molecule has 1 saturated heterocycles. The number of hydrogen-bond acceptors (Lipinski definition) is 6. The highest BCUT2D eigenvalue weighted by Crippen LogP contribution is 2.28. The van der Waals surface area contributed by atoms with E-state index < -0.39 is 29.7 Å². The van der Waals surface area contributed by atoms with Crippen LogP contribution in [0.2, 0.25) is 0 Å². The lowest BCUT2D eigenvalue weighted by Gasteiger charge is -2.28. The fraction of sp³-hybridized carbons (Fsp3) is 0.800. The van der Waals surface area contributed by atoms with Crippen LogP contribution in [0.3, 0.4) is 0 Å². The summed E-state index contributed by atoms with van der Waals surface area (Å²) in [6, 6.07) is -1.41. The Morgan fingerprint density at radius 3 is 2.37 bits per heavy atom. The maximum absolute atomic E-state index is 12.6. The highest BCUT2D eigenvalue weighted by atomic mass is 32.2. The fourth-order valence-corrected chi connectivity index (χ4v) is 4.69. The molecular weight excluding hydrogens is 410 g/mol. The minimum Gasteiger partial charge on any atom is -0.481 e. The second-order valence-electron chi connectivity index (χ2n) is 9.00. The molecule has 1 heterocycles. The standard InChI is InChI=1S/C20H33N3O6S/c1-12(16(24)21-9-13-5-7-14(8-6-13)18(26)27)22-17(25)15-10-30-11-23(15)19(28)29-20(2,3)4/h12-15H,5-11H2,1-4H3,(H,21,24)(H,22,25)(H,26,27)/t12-,13?,14?,15+/m1/s1. The molecule has 170 valence electrons. The van der Waals surface area contributed by atoms with Crippen molar-refractivity contribution in [3.63, 3.8) is 0 Å². The number of thioether (sulfide) groups is 1. The lowest BCUT2D eigenvalue weighted by molar-refractivity contribution is -0.143. The van der Waals surface area contributed by atoms with Gasteiger partial charge in [-0.15, -0.1) is 11.8 Å². The van der Waals surface area contributed by atoms with Gasteiger partial charge in [-0.3, -0.25) is 19.3 Å². The molecule has 1 aliphatic carbocycles. The van der Waals surface area contributed by atoms with E-state index in [1.165, 1.54) is 16.7 Å². The Balaban J connectivity index is 1.78. The van der Waals surface area contributed by atoms with Crippen molar-refractivity contribution in [1.82, 2.24) is 15.5 Å². The Hall–Kier alpha value is -1.97. The maximum atomic E-state index is 12.6. The van der Waals surface area contributed by atoms with E-state index in [-0.39, 0.29) is 23.7 Å². The van der Waals surface area contributed by atoms with Crippen molar-refractivity contribution in [2.24, 2.45) is 11.8 Å². The first-order valence-corrected chi connectivity index (χ1v) is 11.5. The number of carboxylic acid groups (broad SMARTS) is 1. The second-order valence-corrected chi connectivity index (χ2v) is 10.00. The van der Waals surface area contributed by atoms with Gasteiger partial charge in [-0.05, 0) is 59.3 Å². The van der Waals surface area contributed by atoms with Gasteiger partial charge in [-0.2, -0.15) is 0 Å². The lowest BCUT2D eigenvalue weighted by atomic mass is 9.82. The van der Waals surface area contributed by atoms with Crippen molar-refractivity contribution in [3.8, 4) is 0 Å². The van der Waals surface area contributed by atoms with Gasteiger partial charge in [0.2, 0.25) is 11.8 Å². The van der Waals surface area contributed by atoms with Gasteiger partial charge in [0.25, 0.3) is 0 Å². The van der Waals surface area contributed by atoms with Crippen LogP contribution in [-0.4, -0.2) is 69.7 Å². The molecule has 3 amide bonds. The summed E-state index contributed by atoms with van der Waals surface area (Å²) in [5, 5.41) is 14.6. The zero-order chi connectivity index (χ0) is 22.5. The Morgan fingerprint density at radius 1 is 1.17 bits per heavy atom. The molecule has 30 heavy (non-hydrogen) atoms. The predicted octanol–water partition coefficient (Wildman–Crippen LogP) is 1.81. The monoisotopic (exact) mass is 443 g/mol. The van der Waals surface area contributed by atoms with Crippen LogP contribution >= 0.6 is 11.8 Å². The first kappa shape index (κ1) is 24.3. The van der Waals surface area contributed by atoms with Crippen LogP contribution in [0.4, 0.5) is 4.79 Å². The molecule has 2 fully saturated rings. The first-order chi connectivity index (χ1) is 14.0. The van der Waals surface area contributed by atoms with Gasteiger partial charge in [0.1, 0.15) is 17.7 Å². The molecule has 0 unspecified atom stereocenters. The van der Waals surface area contributed by atoms with E-state index in [0.29, 0.717) is 31.0 Å². The summed E-state index contributed by atoms with van der Waals surface area (Å²) in [5.74, 6) is -0.638. The summed E-state index contributed by atoms with van der Waals surface area (Å²) in [7, 11) is 0. The topological polar surface area (TPSA) is 125 Å². The number of ether oxygens (including phenoxy) is 1. The van der Waals surface area contributed by atoms with Crippen LogP contribution in [0.5, 0.6) is 0 Å². The third kappa shape index (κ3) is 7.07. The normalized spacial score (nSPS) is 25.3. The number of hydrogen-bond donors (Lipinski definition) is 3. The van der Waals surface area contributed by atoms with Gasteiger partial charge in [0.15, 0.2) is 0 Å². The van der Waals surface area contributed by atoms with Crippen molar-refractivity contribution >= 4 is 35.6 Å². The molecule has 10 heteroatoms. The number of nitrogens with one attached hydrogen (secondary N) is 2. The molecule has 2 rings (SSSR count). The SMILES string of the molecule is C[C@@H](NC(=O)[C@@H]1CSCN1C(=O)OC(C)(C)C)C(=O)NCC1CCC(C(=O)O)CC1. The Labute approximate surface area is 181 Å². The minimum atomic E-state index is -0.751. The zero-order valence-electron chi connectivity index (χ0n) is 18.1. The largest absolute Gasteiger partial charge is 0.481 e. The Kier molecular flexibility index (Phi) is 8.40. The molecule has 0 aromatic rings. The van der Waals surface area contributed by atoms with Gasteiger partial charge in [-0.25, -0.2) is 4.79 Å². The summed E-state index contributed by atoms with van der Waals surface area (Å²) >= 11 is 1.46. The number of nitrogens with zero attached hydrogens (tertiary/aromatic N) is 1. The van der Waals surface area contributed by atoms with Gasteiger partial charge in [0, 0.05) is 12.3 Å². The number of amides is 3. The quantitative estimate of drug-likeness (QED) is 0.572. The summed E-state index contributed by atoms with van der Waals surface area (Å²) in [6.45, 7) is 7.38. The van der Waals surface area contributed by atoms with Crippen molar-refractivity contribution in [2.45, 2.75) is 71.1 Å². The van der Waals surface area contributed by atoms with E-state index in [1.54, 1.807) is 27.7 Å². The third-order valence-electron chi connectivity index (χ3n) is 5.33. The molecule has 0 aromatic carbocycles. The van der Waals surface area contributed by atoms with E-state index in [2.05, 4.69) is 10.6 Å². The first-order valence-electron chi connectivity index (χ1n) is 10.4. The molecule has 3 N–H and O–H groups in total. The van der Waals surface area contributed by atoms with Crippen molar-refractivity contribution in [2.75, 3.05) is 18.2 Å². The number of carboxylic acids is 1. The van der Waals surface area contributed by atoms with Crippen molar-refractivity contribution < 1.29 is 29.0 Å². The molecule has 2 aliphatic rings. The molecular formula is C20H33N3O6S. The molecule has 9 nitrogen and oxygen atoms in total. The summed E-state index contributed by atoms with van der Waals surface area (Å²) in [6.07, 6.45) is 2.25. The van der Waals surface area contributed by atoms with Gasteiger partial charge >= 0.3 is 12.1 Å². The highest BCUT2D eigenvalue weighted by molar-refractivity contribution is 7.99. The molecule has 1 saturated carbocycles. The predicted molar refractivity (Wildman–Crippen MR) is 113 cm³/mol. The summed E-state index contributed by atoms with van der Waals surface area (Å²) in [4.78, 5) is 49.8. The Bertz CT molecular complexity index is 657. The summed E-state index contributed by atoms with van der Waals surface area (Å²) < 4.78 is 5.36. The third-order valence-corrected chi connectivity index (χ3v) is 6.34. The van der Waals surface area contributed by atoms with E-state index in [0.717, 1.165) is 12.8 Å². The van der Waals surface area contributed by atoms with Crippen LogP contribution in [0.15, 0.2) is 0 Å². The lowest BCUT2D eigenvalue weighted by Crippen LogP contribution is -2.53. The summed E-state index contributed by atoms with van der Waals surface area (Å²) in [5.41, 5.74) is -0.651. The average molecular weight is 444 g/mol. The molecule has 2 atom stereocenters. The molecule has 0 aromatic heterocycles. The zero-order valence-corrected chi connectivity index (χ0v) is 18.9. The number of carbonyl (C=O) groups is 4. The fourth-order valence-electron chi connectivity index (χ4n) is 3.55. The van der Waals surface area contributed by atoms with Gasteiger partial charge in [0.05, 0.1) is 11.8 Å². The number of aliphatic carboxylic acids is 1. The van der Waals surface area contributed by atoms with E-state index in [4.69, 9.17) is 9.84 Å². The molecule has 0 spiro atoms. The number of carbonyl (C=O) groups excluding carboxylic acids is 3. The van der Waals surface area contributed by atoms with Crippen LogP contribution < -0.4 is 10.6 Å². The van der Waals surface area contributed by atoms with Crippen LogP contribution in [0.25, 0.3) is 0 Å². The maximum Gasteiger partial charge on any atom is 0.411 e. The van der Waals surface area contributed by atoms with Gasteiger partial charge < -0.3 is 20.5 Å². The van der Waals surface area contributed by atoms with Crippen molar-refractivity contribution in [1.29, 1.82) is 0 Å². The molecule has 0 bridgehead atoms. The smallest absolute Gasteiger partial charge is 0.411 e. The van der Waals surface area contributed by atoms with Crippen LogP contribution in [0.1, 0.15) is 53.4 Å². The Morgan fingerprint density at radius 2 is 1.80 bits per heavy atom. The van der Waals surface area contributed by atoms with E-state index in [1.807, 2.05) is 0 Å². The minimum absolute atomic E-state index is 0.251. The number of rotatable bonds is 6. The van der Waals surface area contributed by atoms with E-state index in [9.17, 15) is 19.2 Å². The van der Waals surface area contributed by atoms with Gasteiger partial charge in [-0.1, -0.05) is 0 Å². The molecule has 1 aliphatic heterocycles. The molecule has 0 radical (unpaired) electrons. The van der Waals surface area contributed by atoms with Crippen molar-refractivity contribution in [3.05, 3.63) is 0 Å². The van der Waals surface area contributed by atoms with Crippen LogP contribution in [0, 0.1) is 11.8 Å². The van der Waals surface area contributed by atoms with E-state index >= 15 is 0 Å². The van der Waals surface area contributed by atoms with Crippen LogP contribution in [-0.2, 0) is 19.1 Å². The highest BCUT2D eigenvalue weighted by Gasteiger charge is 2.38. The second kappa shape index (κ2) is 10.4. The average Bonchev–Trinajstić information content (AvgIpc) is 3.15.